The monoisotopic (exact) mass is 416 g/mol. The van der Waals surface area contributed by atoms with Crippen molar-refractivity contribution in [2.75, 3.05) is 0 Å². The zero-order valence-corrected chi connectivity index (χ0v) is 20.3. The summed E-state index contributed by atoms with van der Waals surface area (Å²) in [5.74, 6) is 2.27. The number of hydrogen-bond donors (Lipinski definition) is 2. The molecule has 4 saturated carbocycles. The lowest BCUT2D eigenvalue weighted by Gasteiger charge is -2.57. The number of aliphatic hydroxyl groups is 2. The molecule has 172 valence electrons. The standard InChI is InChI=1S/C28H48O2/c1-21-13-19-27(29)17-7-5-11-23(27)25(21,3)15-9-10-16-26(4)22(2)14-20-28(30)18-8-6-12-24(26)28/h9-10,21-24,29-30H,5-8,11-20H2,1-4H3/b10-9+/t21-,22-,23-,24-,25+,26+,27+,28+/m0/s1. The van der Waals surface area contributed by atoms with Gasteiger partial charge in [0.1, 0.15) is 0 Å². The van der Waals surface area contributed by atoms with E-state index in [4.69, 9.17) is 0 Å². The van der Waals surface area contributed by atoms with Crippen LogP contribution in [-0.2, 0) is 0 Å². The maximum Gasteiger partial charge on any atom is 0.0681 e. The molecule has 30 heavy (non-hydrogen) atoms. The molecule has 4 aliphatic carbocycles. The minimum absolute atomic E-state index is 0.217. The molecular formula is C28H48O2. The summed E-state index contributed by atoms with van der Waals surface area (Å²) in [6.07, 6.45) is 20.9. The van der Waals surface area contributed by atoms with Gasteiger partial charge in [-0.2, -0.15) is 0 Å². The fraction of sp³-hybridized carbons (Fsp3) is 0.929. The summed E-state index contributed by atoms with van der Waals surface area (Å²) in [4.78, 5) is 0. The van der Waals surface area contributed by atoms with Gasteiger partial charge in [0.05, 0.1) is 11.2 Å². The first-order chi connectivity index (χ1) is 14.1. The third kappa shape index (κ3) is 3.72. The molecule has 4 fully saturated rings. The Morgan fingerprint density at radius 1 is 0.633 bits per heavy atom. The van der Waals surface area contributed by atoms with Gasteiger partial charge < -0.3 is 10.2 Å². The maximum absolute atomic E-state index is 11.4. The van der Waals surface area contributed by atoms with E-state index < -0.39 is 11.2 Å². The van der Waals surface area contributed by atoms with Gasteiger partial charge in [-0.3, -0.25) is 0 Å². The van der Waals surface area contributed by atoms with Crippen molar-refractivity contribution < 1.29 is 10.2 Å². The summed E-state index contributed by atoms with van der Waals surface area (Å²) in [6.45, 7) is 9.78. The lowest BCUT2D eigenvalue weighted by molar-refractivity contribution is -0.151. The highest BCUT2D eigenvalue weighted by Gasteiger charge is 2.55. The second-order valence-corrected chi connectivity index (χ2v) is 12.6. The van der Waals surface area contributed by atoms with E-state index in [1.807, 2.05) is 0 Å². The van der Waals surface area contributed by atoms with Crippen LogP contribution in [0.3, 0.4) is 0 Å². The van der Waals surface area contributed by atoms with Crippen molar-refractivity contribution in [2.24, 2.45) is 34.5 Å². The highest BCUT2D eigenvalue weighted by atomic mass is 16.3. The van der Waals surface area contributed by atoms with Crippen molar-refractivity contribution in [3.05, 3.63) is 12.2 Å². The molecule has 0 saturated heterocycles. The lowest BCUT2D eigenvalue weighted by Crippen LogP contribution is -2.55. The number of hydrogen-bond acceptors (Lipinski definition) is 2. The Labute approximate surface area is 185 Å². The van der Waals surface area contributed by atoms with Crippen LogP contribution < -0.4 is 0 Å². The van der Waals surface area contributed by atoms with Crippen molar-refractivity contribution >= 4 is 0 Å². The molecule has 0 bridgehead atoms. The first-order valence-electron chi connectivity index (χ1n) is 13.2. The molecule has 2 N–H and O–H groups in total. The predicted octanol–water partition coefficient (Wildman–Crippen LogP) is 7.04. The Bertz CT molecular complexity index is 589. The third-order valence-corrected chi connectivity index (χ3v) is 11.1. The second-order valence-electron chi connectivity index (χ2n) is 12.6. The molecule has 8 atom stereocenters. The van der Waals surface area contributed by atoms with Crippen LogP contribution >= 0.6 is 0 Å². The molecule has 4 rings (SSSR count). The molecule has 0 spiro atoms. The molecule has 0 radical (unpaired) electrons. The number of fused-ring (bicyclic) bond motifs is 2. The first-order valence-corrected chi connectivity index (χ1v) is 13.2. The quantitative estimate of drug-likeness (QED) is 0.483. The van der Waals surface area contributed by atoms with E-state index in [1.54, 1.807) is 0 Å². The summed E-state index contributed by atoms with van der Waals surface area (Å²) in [7, 11) is 0. The normalized spacial score (nSPS) is 52.1. The van der Waals surface area contributed by atoms with Crippen LogP contribution in [0.15, 0.2) is 12.2 Å². The summed E-state index contributed by atoms with van der Waals surface area (Å²) < 4.78 is 0. The fourth-order valence-electron chi connectivity index (χ4n) is 8.57. The molecule has 0 aliphatic heterocycles. The highest BCUT2D eigenvalue weighted by molar-refractivity contribution is 5.09. The molecule has 0 aromatic carbocycles. The average molecular weight is 417 g/mol. The summed E-state index contributed by atoms with van der Waals surface area (Å²) >= 11 is 0. The molecule has 0 amide bonds. The molecule has 2 heteroatoms. The van der Waals surface area contributed by atoms with Gasteiger partial charge in [0, 0.05) is 0 Å². The van der Waals surface area contributed by atoms with Crippen LogP contribution in [0, 0.1) is 34.5 Å². The molecule has 4 aliphatic rings. The zero-order chi connectivity index (χ0) is 21.6. The van der Waals surface area contributed by atoms with Gasteiger partial charge in [0.25, 0.3) is 0 Å². The molecule has 0 unspecified atom stereocenters. The molecule has 2 nitrogen and oxygen atoms in total. The molecular weight excluding hydrogens is 368 g/mol. The summed E-state index contributed by atoms with van der Waals surface area (Å²) in [5.41, 5.74) is -0.380. The smallest absolute Gasteiger partial charge is 0.0681 e. The Kier molecular flexibility index (Phi) is 6.26. The summed E-state index contributed by atoms with van der Waals surface area (Å²) in [6, 6.07) is 0. The van der Waals surface area contributed by atoms with Crippen LogP contribution in [0.5, 0.6) is 0 Å². The van der Waals surface area contributed by atoms with Gasteiger partial charge >= 0.3 is 0 Å². The average Bonchev–Trinajstić information content (AvgIpc) is 2.72. The number of allylic oxidation sites excluding steroid dienone is 2. The van der Waals surface area contributed by atoms with Gasteiger partial charge in [-0.15, -0.1) is 0 Å². The Morgan fingerprint density at radius 3 is 1.43 bits per heavy atom. The fourth-order valence-corrected chi connectivity index (χ4v) is 8.57. The number of rotatable bonds is 4. The van der Waals surface area contributed by atoms with E-state index in [-0.39, 0.29) is 10.8 Å². The summed E-state index contributed by atoms with van der Waals surface area (Å²) in [5, 5.41) is 22.8. The third-order valence-electron chi connectivity index (χ3n) is 11.1. The minimum Gasteiger partial charge on any atom is -0.390 e. The van der Waals surface area contributed by atoms with E-state index in [9.17, 15) is 10.2 Å². The van der Waals surface area contributed by atoms with Crippen LogP contribution in [0.1, 0.15) is 118 Å². The lowest BCUT2D eigenvalue weighted by atomic mass is 9.50. The topological polar surface area (TPSA) is 40.5 Å². The van der Waals surface area contributed by atoms with Gasteiger partial charge in [-0.25, -0.2) is 0 Å². The van der Waals surface area contributed by atoms with Crippen molar-refractivity contribution in [2.45, 2.75) is 129 Å². The Balaban J connectivity index is 1.47. The SMILES string of the molecule is C[C@H]1CC[C@]2(O)CCCC[C@H]2[C@]1(C)C/C=C/C[C@@]1(C)[C@@H]2CCCC[C@@]2(O)CC[C@@H]1C. The Morgan fingerprint density at radius 2 is 1.03 bits per heavy atom. The Hall–Kier alpha value is -0.340. The van der Waals surface area contributed by atoms with E-state index in [0.29, 0.717) is 23.7 Å². The zero-order valence-electron chi connectivity index (χ0n) is 20.3. The van der Waals surface area contributed by atoms with Crippen molar-refractivity contribution in [3.8, 4) is 0 Å². The predicted molar refractivity (Wildman–Crippen MR) is 125 cm³/mol. The van der Waals surface area contributed by atoms with Crippen molar-refractivity contribution in [1.29, 1.82) is 0 Å². The molecule has 0 aromatic heterocycles. The van der Waals surface area contributed by atoms with Crippen molar-refractivity contribution in [1.82, 2.24) is 0 Å². The highest BCUT2D eigenvalue weighted by Crippen LogP contribution is 2.59. The first kappa shape index (κ1) is 22.8. The van der Waals surface area contributed by atoms with Gasteiger partial charge in [0.15, 0.2) is 0 Å². The van der Waals surface area contributed by atoms with Crippen LogP contribution in [-0.4, -0.2) is 21.4 Å². The second kappa shape index (κ2) is 8.22. The van der Waals surface area contributed by atoms with Crippen molar-refractivity contribution in [3.63, 3.8) is 0 Å². The van der Waals surface area contributed by atoms with Crippen LogP contribution in [0.4, 0.5) is 0 Å². The van der Waals surface area contributed by atoms with E-state index in [2.05, 4.69) is 39.8 Å². The largest absolute Gasteiger partial charge is 0.390 e. The van der Waals surface area contributed by atoms with Gasteiger partial charge in [0.2, 0.25) is 0 Å². The van der Waals surface area contributed by atoms with E-state index in [0.717, 1.165) is 38.5 Å². The molecule has 0 aromatic rings. The maximum atomic E-state index is 11.4. The van der Waals surface area contributed by atoms with Gasteiger partial charge in [-0.1, -0.05) is 65.5 Å². The molecule has 0 heterocycles. The van der Waals surface area contributed by atoms with Crippen LogP contribution in [0.25, 0.3) is 0 Å². The van der Waals surface area contributed by atoms with E-state index >= 15 is 0 Å². The van der Waals surface area contributed by atoms with Gasteiger partial charge in [-0.05, 0) is 98.7 Å². The van der Waals surface area contributed by atoms with Crippen LogP contribution in [0.2, 0.25) is 0 Å². The minimum atomic E-state index is -0.407. The van der Waals surface area contributed by atoms with E-state index in [1.165, 1.54) is 51.4 Å².